The van der Waals surface area contributed by atoms with Gasteiger partial charge in [0.1, 0.15) is 0 Å². The third kappa shape index (κ3) is 5.53. The second kappa shape index (κ2) is 9.32. The van der Waals surface area contributed by atoms with Gasteiger partial charge in [-0.25, -0.2) is 0 Å². The van der Waals surface area contributed by atoms with Gasteiger partial charge in [0.25, 0.3) is 0 Å². The van der Waals surface area contributed by atoms with Crippen LogP contribution in [0.1, 0.15) is 31.2 Å². The van der Waals surface area contributed by atoms with Gasteiger partial charge in [-0.05, 0) is 43.8 Å². The van der Waals surface area contributed by atoms with Crippen molar-refractivity contribution < 1.29 is 9.53 Å². The molecule has 2 heterocycles. The van der Waals surface area contributed by atoms with Crippen molar-refractivity contribution in [2.45, 2.75) is 44.3 Å². The first-order valence-electron chi connectivity index (χ1n) is 9.54. The number of carbonyl (C=O) groups excluding carboxylic acids is 1. The molecule has 2 atom stereocenters. The number of benzene rings is 1. The zero-order valence-corrected chi connectivity index (χ0v) is 15.2. The number of carbonyl (C=O) groups is 1. The molecule has 2 aliphatic heterocycles. The van der Waals surface area contributed by atoms with E-state index < -0.39 is 0 Å². The van der Waals surface area contributed by atoms with Crippen molar-refractivity contribution in [3.05, 3.63) is 35.9 Å². The maximum Gasteiger partial charge on any atom is 0.305 e. The van der Waals surface area contributed by atoms with E-state index in [0.29, 0.717) is 18.5 Å². The number of hydrogen-bond acceptors (Lipinski definition) is 5. The fourth-order valence-corrected chi connectivity index (χ4v) is 4.07. The molecule has 2 fully saturated rings. The molecule has 0 spiro atoms. The summed E-state index contributed by atoms with van der Waals surface area (Å²) in [7, 11) is 1.46. The van der Waals surface area contributed by atoms with Crippen LogP contribution in [0.5, 0.6) is 0 Å². The lowest BCUT2D eigenvalue weighted by Gasteiger charge is -2.40. The lowest BCUT2D eigenvalue weighted by molar-refractivity contribution is -0.140. The van der Waals surface area contributed by atoms with Crippen LogP contribution >= 0.6 is 0 Å². The second-order valence-electron chi connectivity index (χ2n) is 7.34. The monoisotopic (exact) mass is 345 g/mol. The van der Waals surface area contributed by atoms with Gasteiger partial charge in [-0.1, -0.05) is 30.3 Å². The van der Waals surface area contributed by atoms with E-state index in [9.17, 15) is 4.79 Å². The molecule has 0 radical (unpaired) electrons. The van der Waals surface area contributed by atoms with E-state index in [-0.39, 0.29) is 5.97 Å². The molecule has 138 valence electrons. The van der Waals surface area contributed by atoms with E-state index in [4.69, 9.17) is 4.74 Å². The Balaban J connectivity index is 1.42. The minimum atomic E-state index is -0.113. The number of piperazine rings is 1. The van der Waals surface area contributed by atoms with Gasteiger partial charge >= 0.3 is 5.97 Å². The quantitative estimate of drug-likeness (QED) is 0.770. The van der Waals surface area contributed by atoms with E-state index in [1.807, 2.05) is 0 Å². The van der Waals surface area contributed by atoms with E-state index in [0.717, 1.165) is 32.0 Å². The first kappa shape index (κ1) is 18.4. The molecule has 0 bridgehead atoms. The molecule has 2 unspecified atom stereocenters. The first-order chi connectivity index (χ1) is 12.2. The van der Waals surface area contributed by atoms with E-state index >= 15 is 0 Å². The predicted octanol–water partition coefficient (Wildman–Crippen LogP) is 1.78. The summed E-state index contributed by atoms with van der Waals surface area (Å²) in [5.74, 6) is 0.610. The largest absolute Gasteiger partial charge is 0.469 e. The summed E-state index contributed by atoms with van der Waals surface area (Å²) in [6.45, 7) is 5.39. The van der Waals surface area contributed by atoms with Gasteiger partial charge in [-0.15, -0.1) is 0 Å². The van der Waals surface area contributed by atoms with E-state index in [2.05, 4.69) is 45.9 Å². The Labute approximate surface area is 151 Å². The fraction of sp³-hybridized carbons (Fsp3) is 0.650. The molecule has 2 aliphatic rings. The van der Waals surface area contributed by atoms with Crippen LogP contribution in [0.3, 0.4) is 0 Å². The minimum Gasteiger partial charge on any atom is -0.469 e. The number of methoxy groups -OCH3 is 1. The highest BCUT2D eigenvalue weighted by Crippen LogP contribution is 2.23. The van der Waals surface area contributed by atoms with Crippen molar-refractivity contribution in [3.63, 3.8) is 0 Å². The van der Waals surface area contributed by atoms with Crippen molar-refractivity contribution in [1.82, 2.24) is 15.5 Å². The topological polar surface area (TPSA) is 53.6 Å². The molecule has 2 N–H and O–H groups in total. The number of esters is 1. The molecule has 3 rings (SSSR count). The van der Waals surface area contributed by atoms with E-state index in [1.54, 1.807) is 0 Å². The van der Waals surface area contributed by atoms with E-state index in [1.165, 1.54) is 38.6 Å². The lowest BCUT2D eigenvalue weighted by atomic mass is 9.87. The number of nitrogens with zero attached hydrogens (tertiary/aromatic N) is 1. The molecular weight excluding hydrogens is 314 g/mol. The van der Waals surface area contributed by atoms with Crippen molar-refractivity contribution in [2.24, 2.45) is 5.92 Å². The predicted molar refractivity (Wildman–Crippen MR) is 99.3 cm³/mol. The normalized spacial score (nSPS) is 25.6. The summed E-state index contributed by atoms with van der Waals surface area (Å²) in [5.41, 5.74) is 1.40. The number of likely N-dealkylation sites (tertiary alicyclic amines) is 1. The van der Waals surface area contributed by atoms with Crippen LogP contribution in [-0.4, -0.2) is 56.2 Å². The van der Waals surface area contributed by atoms with Crippen LogP contribution in [-0.2, 0) is 16.1 Å². The molecule has 0 aromatic heterocycles. The zero-order chi connectivity index (χ0) is 17.5. The first-order valence-corrected chi connectivity index (χ1v) is 9.54. The Morgan fingerprint density at radius 3 is 2.68 bits per heavy atom. The summed E-state index contributed by atoms with van der Waals surface area (Å²) in [4.78, 5) is 13.9. The van der Waals surface area contributed by atoms with Gasteiger partial charge in [-0.2, -0.15) is 0 Å². The molecule has 1 aromatic carbocycles. The SMILES string of the molecule is COC(=O)CCC1CNCC(C2CCN(Cc3ccccc3)CC2)N1. The highest BCUT2D eigenvalue weighted by molar-refractivity contribution is 5.69. The second-order valence-corrected chi connectivity index (χ2v) is 7.34. The molecule has 1 aromatic rings. The average molecular weight is 345 g/mol. The Kier molecular flexibility index (Phi) is 6.84. The van der Waals surface area contributed by atoms with Gasteiger partial charge in [0.05, 0.1) is 7.11 Å². The van der Waals surface area contributed by atoms with Crippen LogP contribution in [0, 0.1) is 5.92 Å². The molecule has 5 heteroatoms. The fourth-order valence-electron chi connectivity index (χ4n) is 4.07. The van der Waals surface area contributed by atoms with Gasteiger partial charge in [-0.3, -0.25) is 9.69 Å². The maximum atomic E-state index is 11.3. The molecule has 5 nitrogen and oxygen atoms in total. The van der Waals surface area contributed by atoms with Gasteiger partial charge in [0.2, 0.25) is 0 Å². The Morgan fingerprint density at radius 2 is 1.96 bits per heavy atom. The molecule has 25 heavy (non-hydrogen) atoms. The lowest BCUT2D eigenvalue weighted by Crippen LogP contribution is -2.58. The average Bonchev–Trinajstić information content (AvgIpc) is 2.68. The minimum absolute atomic E-state index is 0.113. The van der Waals surface area contributed by atoms with Crippen molar-refractivity contribution in [1.29, 1.82) is 0 Å². The Morgan fingerprint density at radius 1 is 1.20 bits per heavy atom. The van der Waals surface area contributed by atoms with Crippen molar-refractivity contribution in [3.8, 4) is 0 Å². The Hall–Kier alpha value is -1.43. The molecule has 0 saturated carbocycles. The summed E-state index contributed by atoms with van der Waals surface area (Å²) in [6.07, 6.45) is 3.84. The summed E-state index contributed by atoms with van der Waals surface area (Å²) < 4.78 is 4.75. The third-order valence-corrected chi connectivity index (χ3v) is 5.58. The summed E-state index contributed by atoms with van der Waals surface area (Å²) in [5, 5.41) is 7.33. The zero-order valence-electron chi connectivity index (χ0n) is 15.2. The molecular formula is C20H31N3O2. The smallest absolute Gasteiger partial charge is 0.305 e. The van der Waals surface area contributed by atoms with Gasteiger partial charge in [0, 0.05) is 38.1 Å². The number of nitrogens with one attached hydrogen (secondary N) is 2. The summed E-state index contributed by atoms with van der Waals surface area (Å²) in [6, 6.07) is 11.6. The van der Waals surface area contributed by atoms with Crippen LogP contribution in [0.4, 0.5) is 0 Å². The maximum absolute atomic E-state index is 11.3. The van der Waals surface area contributed by atoms with Crippen LogP contribution in [0.25, 0.3) is 0 Å². The highest BCUT2D eigenvalue weighted by atomic mass is 16.5. The third-order valence-electron chi connectivity index (χ3n) is 5.58. The number of piperidine rings is 1. The van der Waals surface area contributed by atoms with Crippen molar-refractivity contribution in [2.75, 3.05) is 33.3 Å². The van der Waals surface area contributed by atoms with Gasteiger partial charge in [0.15, 0.2) is 0 Å². The van der Waals surface area contributed by atoms with Crippen molar-refractivity contribution >= 4 is 5.97 Å². The standard InChI is InChI=1S/C20H31N3O2/c1-25-20(24)8-7-18-13-21-14-19(22-18)17-9-11-23(12-10-17)15-16-5-3-2-4-6-16/h2-6,17-19,21-22H,7-15H2,1H3. The van der Waals surface area contributed by atoms with Crippen LogP contribution in [0.2, 0.25) is 0 Å². The van der Waals surface area contributed by atoms with Crippen LogP contribution < -0.4 is 10.6 Å². The molecule has 0 amide bonds. The molecule has 0 aliphatic carbocycles. The Bertz CT molecular complexity index is 529. The molecule has 2 saturated heterocycles. The number of rotatable bonds is 6. The summed E-state index contributed by atoms with van der Waals surface area (Å²) >= 11 is 0. The highest BCUT2D eigenvalue weighted by Gasteiger charge is 2.30. The van der Waals surface area contributed by atoms with Gasteiger partial charge < -0.3 is 15.4 Å². The van der Waals surface area contributed by atoms with Crippen LogP contribution in [0.15, 0.2) is 30.3 Å². The number of hydrogen-bond donors (Lipinski definition) is 2. The number of ether oxygens (including phenoxy) is 1.